The average Bonchev–Trinajstić information content (AvgIpc) is 3.13. The lowest BCUT2D eigenvalue weighted by molar-refractivity contribution is -0.137. The van der Waals surface area contributed by atoms with E-state index in [0.717, 1.165) is 41.5 Å². The normalized spacial score (nSPS) is 14.0. The van der Waals surface area contributed by atoms with Crippen LogP contribution < -0.4 is 10.6 Å². The first-order valence-electron chi connectivity index (χ1n) is 11.6. The molecule has 0 radical (unpaired) electrons. The van der Waals surface area contributed by atoms with Crippen molar-refractivity contribution in [1.29, 1.82) is 0 Å². The Bertz CT molecular complexity index is 945. The van der Waals surface area contributed by atoms with Gasteiger partial charge in [-0.15, -0.1) is 0 Å². The van der Waals surface area contributed by atoms with E-state index < -0.39 is 18.1 Å². The van der Waals surface area contributed by atoms with Crippen LogP contribution in [0.2, 0.25) is 0 Å². The van der Waals surface area contributed by atoms with Crippen LogP contribution in [0.5, 0.6) is 0 Å². The summed E-state index contributed by atoms with van der Waals surface area (Å²) in [7, 11) is 0. The highest BCUT2D eigenvalue weighted by Gasteiger charge is 2.30. The van der Waals surface area contributed by atoms with Crippen LogP contribution in [0.15, 0.2) is 48.5 Å². The Labute approximate surface area is 194 Å². The average molecular weight is 453 g/mol. The largest absolute Gasteiger partial charge is 0.481 e. The van der Waals surface area contributed by atoms with Crippen molar-refractivity contribution in [1.82, 2.24) is 10.6 Å². The summed E-state index contributed by atoms with van der Waals surface area (Å²) in [6.07, 6.45) is 1.53. The number of carbonyl (C=O) groups excluding carboxylic acids is 2. The Hall–Kier alpha value is -3.35. The molecule has 2 amide bonds. The molecule has 0 saturated carbocycles. The molecule has 7 heteroatoms. The number of nitrogens with one attached hydrogen (secondary N) is 2. The van der Waals surface area contributed by atoms with Crippen LogP contribution in [0.1, 0.15) is 63.0 Å². The highest BCUT2D eigenvalue weighted by Crippen LogP contribution is 2.44. The molecule has 2 unspecified atom stereocenters. The lowest BCUT2D eigenvalue weighted by Crippen LogP contribution is -2.50. The van der Waals surface area contributed by atoms with Crippen LogP contribution in [0.4, 0.5) is 4.79 Å². The predicted molar refractivity (Wildman–Crippen MR) is 126 cm³/mol. The van der Waals surface area contributed by atoms with E-state index >= 15 is 0 Å². The molecule has 0 fully saturated rings. The molecular formula is C26H32N2O5. The molecule has 0 saturated heterocycles. The topological polar surface area (TPSA) is 105 Å². The maximum absolute atomic E-state index is 12.7. The van der Waals surface area contributed by atoms with E-state index in [4.69, 9.17) is 9.84 Å². The molecule has 3 N–H and O–H groups in total. The molecule has 0 spiro atoms. The van der Waals surface area contributed by atoms with Crippen molar-refractivity contribution in [2.75, 3.05) is 6.61 Å². The summed E-state index contributed by atoms with van der Waals surface area (Å²) in [5, 5.41) is 14.5. The fourth-order valence-corrected chi connectivity index (χ4v) is 4.35. The Morgan fingerprint density at radius 3 is 2.09 bits per heavy atom. The minimum atomic E-state index is -1.03. The Kier molecular flexibility index (Phi) is 8.46. The number of fused-ring (bicyclic) bond motifs is 3. The first-order chi connectivity index (χ1) is 15.9. The van der Waals surface area contributed by atoms with Gasteiger partial charge < -0.3 is 20.5 Å². The van der Waals surface area contributed by atoms with Gasteiger partial charge in [-0.2, -0.15) is 0 Å². The number of benzene rings is 2. The number of carbonyl (C=O) groups is 3. The van der Waals surface area contributed by atoms with Crippen molar-refractivity contribution in [3.05, 3.63) is 59.7 Å². The lowest BCUT2D eigenvalue weighted by atomic mass is 9.98. The van der Waals surface area contributed by atoms with E-state index in [9.17, 15) is 14.4 Å². The number of carboxylic acids is 1. The summed E-state index contributed by atoms with van der Waals surface area (Å²) in [5.41, 5.74) is 4.44. The SMILES string of the molecule is CCCC(CC)NC(=O)C(CCC(=O)O)NC(=O)OCC1c2ccccc2-c2ccccc21. The zero-order valence-corrected chi connectivity index (χ0v) is 19.2. The van der Waals surface area contributed by atoms with Crippen LogP contribution in [0.25, 0.3) is 11.1 Å². The van der Waals surface area contributed by atoms with E-state index in [1.807, 2.05) is 50.2 Å². The number of amides is 2. The van der Waals surface area contributed by atoms with Gasteiger partial charge in [0.25, 0.3) is 0 Å². The maximum Gasteiger partial charge on any atom is 0.407 e. The number of hydrogen-bond donors (Lipinski definition) is 3. The summed E-state index contributed by atoms with van der Waals surface area (Å²) in [6, 6.07) is 15.1. The molecule has 2 aromatic carbocycles. The summed E-state index contributed by atoms with van der Waals surface area (Å²) < 4.78 is 5.53. The molecule has 2 atom stereocenters. The number of alkyl carbamates (subject to hydrolysis) is 1. The van der Waals surface area contributed by atoms with Gasteiger partial charge in [-0.05, 0) is 41.5 Å². The van der Waals surface area contributed by atoms with Crippen LogP contribution in [-0.2, 0) is 14.3 Å². The van der Waals surface area contributed by atoms with Crippen molar-refractivity contribution >= 4 is 18.0 Å². The van der Waals surface area contributed by atoms with Gasteiger partial charge in [0, 0.05) is 18.4 Å². The van der Waals surface area contributed by atoms with E-state index in [2.05, 4.69) is 22.8 Å². The molecule has 3 rings (SSSR count). The number of carboxylic acid groups (broad SMARTS) is 1. The predicted octanol–water partition coefficient (Wildman–Crippen LogP) is 4.45. The fourth-order valence-electron chi connectivity index (χ4n) is 4.35. The fraction of sp³-hybridized carbons (Fsp3) is 0.423. The van der Waals surface area contributed by atoms with Gasteiger partial charge >= 0.3 is 12.1 Å². The Balaban J connectivity index is 1.65. The molecule has 176 valence electrons. The van der Waals surface area contributed by atoms with E-state index in [-0.39, 0.29) is 37.3 Å². The van der Waals surface area contributed by atoms with Gasteiger partial charge in [-0.1, -0.05) is 68.8 Å². The van der Waals surface area contributed by atoms with Crippen molar-refractivity contribution < 1.29 is 24.2 Å². The maximum atomic E-state index is 12.7. The smallest absolute Gasteiger partial charge is 0.407 e. The van der Waals surface area contributed by atoms with Gasteiger partial charge in [0.2, 0.25) is 5.91 Å². The standard InChI is InChI=1S/C26H32N2O5/c1-3-9-17(4-2)27-25(31)23(14-15-24(29)30)28-26(32)33-16-22-20-12-7-5-10-18(20)19-11-6-8-13-21(19)22/h5-8,10-13,17,22-23H,3-4,9,14-16H2,1-2H3,(H,27,31)(H,28,32)(H,29,30). The zero-order chi connectivity index (χ0) is 23.8. The first-order valence-corrected chi connectivity index (χ1v) is 11.6. The number of aliphatic carboxylic acids is 1. The third kappa shape index (κ3) is 6.12. The molecule has 0 aromatic heterocycles. The van der Waals surface area contributed by atoms with Crippen molar-refractivity contribution in [2.45, 2.75) is 64.0 Å². The van der Waals surface area contributed by atoms with Crippen molar-refractivity contribution in [3.63, 3.8) is 0 Å². The second kappa shape index (κ2) is 11.5. The molecule has 1 aliphatic carbocycles. The van der Waals surface area contributed by atoms with Gasteiger partial charge in [-0.25, -0.2) is 4.79 Å². The van der Waals surface area contributed by atoms with Crippen LogP contribution in [0, 0.1) is 0 Å². The number of hydrogen-bond acceptors (Lipinski definition) is 4. The quantitative estimate of drug-likeness (QED) is 0.467. The monoisotopic (exact) mass is 452 g/mol. The van der Waals surface area contributed by atoms with Gasteiger partial charge in [-0.3, -0.25) is 9.59 Å². The second-order valence-electron chi connectivity index (χ2n) is 8.36. The molecule has 0 bridgehead atoms. The Morgan fingerprint density at radius 2 is 1.55 bits per heavy atom. The summed E-state index contributed by atoms with van der Waals surface area (Å²) in [4.78, 5) is 36.4. The Morgan fingerprint density at radius 1 is 0.939 bits per heavy atom. The summed E-state index contributed by atoms with van der Waals surface area (Å²) >= 11 is 0. The third-order valence-corrected chi connectivity index (χ3v) is 6.08. The summed E-state index contributed by atoms with van der Waals surface area (Å²) in [6.45, 7) is 4.14. The number of ether oxygens (including phenoxy) is 1. The molecule has 0 heterocycles. The molecule has 0 aliphatic heterocycles. The van der Waals surface area contributed by atoms with Gasteiger partial charge in [0.1, 0.15) is 12.6 Å². The highest BCUT2D eigenvalue weighted by atomic mass is 16.5. The molecule has 2 aromatic rings. The van der Waals surface area contributed by atoms with Gasteiger partial charge in [0.05, 0.1) is 0 Å². The van der Waals surface area contributed by atoms with Crippen molar-refractivity contribution in [3.8, 4) is 11.1 Å². The van der Waals surface area contributed by atoms with Crippen LogP contribution in [0.3, 0.4) is 0 Å². The highest BCUT2D eigenvalue weighted by molar-refractivity contribution is 5.86. The van der Waals surface area contributed by atoms with Crippen LogP contribution >= 0.6 is 0 Å². The molecule has 1 aliphatic rings. The molecule has 33 heavy (non-hydrogen) atoms. The molecule has 7 nitrogen and oxygen atoms in total. The van der Waals surface area contributed by atoms with Crippen LogP contribution in [-0.4, -0.2) is 41.8 Å². The van der Waals surface area contributed by atoms with E-state index in [0.29, 0.717) is 0 Å². The van der Waals surface area contributed by atoms with Crippen molar-refractivity contribution in [2.24, 2.45) is 0 Å². The summed E-state index contributed by atoms with van der Waals surface area (Å²) in [5.74, 6) is -1.50. The second-order valence-corrected chi connectivity index (χ2v) is 8.36. The molecular weight excluding hydrogens is 420 g/mol. The zero-order valence-electron chi connectivity index (χ0n) is 19.2. The van der Waals surface area contributed by atoms with E-state index in [1.54, 1.807) is 0 Å². The van der Waals surface area contributed by atoms with Gasteiger partial charge in [0.15, 0.2) is 0 Å². The lowest BCUT2D eigenvalue weighted by Gasteiger charge is -2.22. The first kappa shape index (κ1) is 24.3. The minimum Gasteiger partial charge on any atom is -0.481 e. The van der Waals surface area contributed by atoms with E-state index in [1.165, 1.54) is 0 Å². The number of rotatable bonds is 11. The minimum absolute atomic E-state index is 0.00603. The third-order valence-electron chi connectivity index (χ3n) is 6.08.